The maximum Gasteiger partial charge on any atom is 0.423 e. The first-order valence-corrected chi connectivity index (χ1v) is 6.13. The van der Waals surface area contributed by atoms with Crippen LogP contribution < -0.4 is 5.73 Å². The zero-order chi connectivity index (χ0) is 14.7. The molecule has 1 unspecified atom stereocenters. The predicted molar refractivity (Wildman–Crippen MR) is 56.4 cm³/mol. The summed E-state index contributed by atoms with van der Waals surface area (Å²) in [7, 11) is 0. The molecule has 1 rings (SSSR count). The lowest BCUT2D eigenvalue weighted by Gasteiger charge is -2.29. The van der Waals surface area contributed by atoms with Crippen LogP contribution in [0.1, 0.15) is 32.1 Å². The third-order valence-electron chi connectivity index (χ3n) is 3.31. The van der Waals surface area contributed by atoms with E-state index in [1.165, 1.54) is 0 Å². The van der Waals surface area contributed by atoms with Gasteiger partial charge in [0.15, 0.2) is 0 Å². The van der Waals surface area contributed by atoms with Crippen molar-refractivity contribution in [3.63, 3.8) is 0 Å². The Morgan fingerprint density at radius 1 is 0.947 bits per heavy atom. The van der Waals surface area contributed by atoms with E-state index in [0.29, 0.717) is 0 Å². The molecule has 0 aromatic heterocycles. The van der Waals surface area contributed by atoms with E-state index in [1.807, 2.05) is 0 Å². The van der Waals surface area contributed by atoms with Crippen molar-refractivity contribution in [2.75, 3.05) is 6.61 Å². The molecule has 19 heavy (non-hydrogen) atoms. The van der Waals surface area contributed by atoms with Gasteiger partial charge < -0.3 is 10.5 Å². The lowest BCUT2D eigenvalue weighted by atomic mass is 9.84. The zero-order valence-corrected chi connectivity index (χ0v) is 10.2. The molecule has 0 radical (unpaired) electrons. The summed E-state index contributed by atoms with van der Waals surface area (Å²) in [5.74, 6) is -0.0594. The standard InChI is InChI=1S/C11H17F6NO/c12-10(13,14)9(11(15,16)17)19-6-8(18)7-4-2-1-3-5-7/h7-9H,1-6,18H2. The van der Waals surface area contributed by atoms with Gasteiger partial charge in [0.2, 0.25) is 6.10 Å². The molecule has 0 aliphatic heterocycles. The van der Waals surface area contributed by atoms with Crippen molar-refractivity contribution in [1.29, 1.82) is 0 Å². The van der Waals surface area contributed by atoms with Crippen molar-refractivity contribution in [1.82, 2.24) is 0 Å². The minimum atomic E-state index is -5.47. The SMILES string of the molecule is NC(COC(C(F)(F)F)C(F)(F)F)C1CCCCC1. The summed E-state index contributed by atoms with van der Waals surface area (Å²) in [6.07, 6.45) is -10.4. The van der Waals surface area contributed by atoms with Crippen molar-refractivity contribution < 1.29 is 31.1 Å². The van der Waals surface area contributed by atoms with Crippen LogP contribution in [0.5, 0.6) is 0 Å². The van der Waals surface area contributed by atoms with Gasteiger partial charge in [0, 0.05) is 6.04 Å². The summed E-state index contributed by atoms with van der Waals surface area (Å²) in [4.78, 5) is 0. The maximum absolute atomic E-state index is 12.2. The van der Waals surface area contributed by atoms with Crippen LogP contribution in [0.15, 0.2) is 0 Å². The van der Waals surface area contributed by atoms with E-state index >= 15 is 0 Å². The summed E-state index contributed by atoms with van der Waals surface area (Å²) in [5.41, 5.74) is 5.62. The number of halogens is 6. The van der Waals surface area contributed by atoms with Crippen molar-refractivity contribution >= 4 is 0 Å². The highest BCUT2D eigenvalue weighted by Crippen LogP contribution is 2.36. The number of nitrogens with two attached hydrogens (primary N) is 1. The number of hydrogen-bond acceptors (Lipinski definition) is 2. The highest BCUT2D eigenvalue weighted by atomic mass is 19.4. The zero-order valence-electron chi connectivity index (χ0n) is 10.2. The lowest BCUT2D eigenvalue weighted by Crippen LogP contribution is -2.47. The fourth-order valence-corrected chi connectivity index (χ4v) is 2.28. The summed E-state index contributed by atoms with van der Waals surface area (Å²) in [6.45, 7) is -0.728. The summed E-state index contributed by atoms with van der Waals surface area (Å²) in [6, 6.07) is -0.785. The Morgan fingerprint density at radius 2 is 1.42 bits per heavy atom. The normalized spacial score (nSPS) is 20.8. The summed E-state index contributed by atoms with van der Waals surface area (Å²) < 4.78 is 77.3. The van der Waals surface area contributed by atoms with Crippen LogP contribution in [0.4, 0.5) is 26.3 Å². The maximum atomic E-state index is 12.2. The second kappa shape index (κ2) is 6.30. The molecular formula is C11H17F6NO. The van der Waals surface area contributed by atoms with Gasteiger partial charge in [-0.2, -0.15) is 26.3 Å². The quantitative estimate of drug-likeness (QED) is 0.806. The Hall–Kier alpha value is -0.500. The average molecular weight is 293 g/mol. The van der Waals surface area contributed by atoms with E-state index < -0.39 is 31.1 Å². The molecule has 2 nitrogen and oxygen atoms in total. The number of ether oxygens (including phenoxy) is 1. The Bertz CT molecular complexity index is 257. The van der Waals surface area contributed by atoms with Gasteiger partial charge in [-0.15, -0.1) is 0 Å². The monoisotopic (exact) mass is 293 g/mol. The third kappa shape index (κ3) is 5.18. The van der Waals surface area contributed by atoms with Crippen LogP contribution in [0.3, 0.4) is 0 Å². The van der Waals surface area contributed by atoms with Crippen molar-refractivity contribution in [2.45, 2.75) is 56.6 Å². The topological polar surface area (TPSA) is 35.2 Å². The molecule has 1 atom stereocenters. The molecular weight excluding hydrogens is 276 g/mol. The number of alkyl halides is 6. The van der Waals surface area contributed by atoms with Gasteiger partial charge in [0.25, 0.3) is 0 Å². The number of rotatable bonds is 4. The van der Waals surface area contributed by atoms with E-state index in [1.54, 1.807) is 0 Å². The Morgan fingerprint density at radius 3 is 1.84 bits per heavy atom. The van der Waals surface area contributed by atoms with E-state index in [-0.39, 0.29) is 5.92 Å². The molecule has 2 N–H and O–H groups in total. The first kappa shape index (κ1) is 16.6. The van der Waals surface area contributed by atoms with Gasteiger partial charge in [-0.05, 0) is 18.8 Å². The Labute approximate surface area is 107 Å². The first-order chi connectivity index (χ1) is 8.62. The third-order valence-corrected chi connectivity index (χ3v) is 3.31. The molecule has 1 aliphatic carbocycles. The molecule has 0 bridgehead atoms. The van der Waals surface area contributed by atoms with Crippen LogP contribution in [0.2, 0.25) is 0 Å². The second-order valence-corrected chi connectivity index (χ2v) is 4.86. The van der Waals surface area contributed by atoms with Crippen molar-refractivity contribution in [2.24, 2.45) is 11.7 Å². The number of hydrogen-bond donors (Lipinski definition) is 1. The molecule has 1 saturated carbocycles. The predicted octanol–water partition coefficient (Wildman–Crippen LogP) is 3.40. The van der Waals surface area contributed by atoms with Crippen LogP contribution in [-0.4, -0.2) is 31.1 Å². The average Bonchev–Trinajstić information content (AvgIpc) is 2.26. The lowest BCUT2D eigenvalue weighted by molar-refractivity contribution is -0.322. The van der Waals surface area contributed by atoms with Gasteiger partial charge in [-0.25, -0.2) is 0 Å². The van der Waals surface area contributed by atoms with E-state index in [0.717, 1.165) is 32.1 Å². The minimum absolute atomic E-state index is 0.0594. The van der Waals surface area contributed by atoms with Crippen LogP contribution in [-0.2, 0) is 4.74 Å². The largest absolute Gasteiger partial charge is 0.423 e. The van der Waals surface area contributed by atoms with Gasteiger partial charge >= 0.3 is 12.4 Å². The fraction of sp³-hybridized carbons (Fsp3) is 1.00. The van der Waals surface area contributed by atoms with Gasteiger partial charge in [0.05, 0.1) is 6.61 Å². The van der Waals surface area contributed by atoms with E-state index in [4.69, 9.17) is 5.73 Å². The smallest absolute Gasteiger partial charge is 0.359 e. The molecule has 0 spiro atoms. The van der Waals surface area contributed by atoms with E-state index in [2.05, 4.69) is 4.74 Å². The molecule has 1 fully saturated rings. The van der Waals surface area contributed by atoms with Gasteiger partial charge in [-0.1, -0.05) is 19.3 Å². The minimum Gasteiger partial charge on any atom is -0.359 e. The van der Waals surface area contributed by atoms with Crippen molar-refractivity contribution in [3.8, 4) is 0 Å². The molecule has 0 amide bonds. The van der Waals surface area contributed by atoms with Gasteiger partial charge in [0.1, 0.15) is 0 Å². The van der Waals surface area contributed by atoms with Crippen molar-refractivity contribution in [3.05, 3.63) is 0 Å². The molecule has 1 aliphatic rings. The first-order valence-electron chi connectivity index (χ1n) is 6.13. The van der Waals surface area contributed by atoms with E-state index in [9.17, 15) is 26.3 Å². The molecule has 0 saturated heterocycles. The Balaban J connectivity index is 2.51. The molecule has 0 aromatic rings. The molecule has 0 aromatic carbocycles. The molecule has 8 heteroatoms. The summed E-state index contributed by atoms with van der Waals surface area (Å²) in [5, 5.41) is 0. The van der Waals surface area contributed by atoms with Crippen LogP contribution in [0, 0.1) is 5.92 Å². The highest BCUT2D eigenvalue weighted by molar-refractivity contribution is 4.80. The van der Waals surface area contributed by atoms with Crippen LogP contribution in [0.25, 0.3) is 0 Å². The Kier molecular flexibility index (Phi) is 5.49. The molecule has 0 heterocycles. The molecule has 114 valence electrons. The second-order valence-electron chi connectivity index (χ2n) is 4.86. The highest BCUT2D eigenvalue weighted by Gasteiger charge is 2.58. The fourth-order valence-electron chi connectivity index (χ4n) is 2.28. The summed E-state index contributed by atoms with van der Waals surface area (Å²) >= 11 is 0. The van der Waals surface area contributed by atoms with Crippen LogP contribution >= 0.6 is 0 Å². The van der Waals surface area contributed by atoms with Gasteiger partial charge in [-0.3, -0.25) is 0 Å².